The van der Waals surface area contributed by atoms with Gasteiger partial charge in [0.05, 0.1) is 48.8 Å². The number of rotatable bonds is 16. The predicted molar refractivity (Wildman–Crippen MR) is 223 cm³/mol. The number of ether oxygens (including phenoxy) is 6. The van der Waals surface area contributed by atoms with Crippen molar-refractivity contribution in [3.05, 3.63) is 48.2 Å². The summed E-state index contributed by atoms with van der Waals surface area (Å²) in [5, 5.41) is 34.7. The van der Waals surface area contributed by atoms with Gasteiger partial charge in [-0.05, 0) is 39.0 Å². The van der Waals surface area contributed by atoms with Gasteiger partial charge in [-0.15, -0.1) is 0 Å². The molecule has 2 rings (SSSR count). The Morgan fingerprint density at radius 1 is 1.03 bits per heavy atom. The normalized spacial score (nSPS) is 34.1. The molecule has 2 bridgehead atoms. The molecule has 0 saturated heterocycles. The van der Waals surface area contributed by atoms with Crippen LogP contribution in [0.15, 0.2) is 48.2 Å². The molecule has 2 aliphatic rings. The summed E-state index contributed by atoms with van der Waals surface area (Å²) in [6.45, 7) is 12.9. The Balaban J connectivity index is 2.40. The number of amides is 1. The number of nitrogens with zero attached hydrogens (tertiary/aromatic N) is 1. The molecule has 13 heteroatoms. The lowest BCUT2D eigenvalue weighted by atomic mass is 9.77. The van der Waals surface area contributed by atoms with Crippen molar-refractivity contribution in [2.24, 2.45) is 29.6 Å². The Bertz CT molecular complexity index is 1380. The number of esters is 1. The van der Waals surface area contributed by atoms with Crippen LogP contribution in [0, 0.1) is 29.6 Å². The highest BCUT2D eigenvalue weighted by molar-refractivity contribution is 5.82. The zero-order valence-corrected chi connectivity index (χ0v) is 37.1. The van der Waals surface area contributed by atoms with E-state index in [9.17, 15) is 29.7 Å². The highest BCUT2D eigenvalue weighted by Gasteiger charge is 2.46. The van der Waals surface area contributed by atoms with Gasteiger partial charge < -0.3 is 48.6 Å². The third kappa shape index (κ3) is 15.4. The van der Waals surface area contributed by atoms with E-state index >= 15 is 0 Å². The smallest absolute Gasteiger partial charge is 0.331 e. The number of hydrogen-bond acceptors (Lipinski definition) is 12. The monoisotopic (exact) mass is 822 g/mol. The first-order chi connectivity index (χ1) is 27.3. The van der Waals surface area contributed by atoms with E-state index in [2.05, 4.69) is 0 Å². The Morgan fingerprint density at radius 2 is 1.69 bits per heavy atom. The van der Waals surface area contributed by atoms with Gasteiger partial charge >= 0.3 is 5.97 Å². The molecule has 0 aliphatic carbocycles. The number of aliphatic hydroxyl groups excluding tert-OH is 2. The number of carbonyl (C=O) groups is 3. The van der Waals surface area contributed by atoms with E-state index < -0.39 is 72.1 Å². The average Bonchev–Trinajstić information content (AvgIpc) is 3.20. The third-order valence-electron chi connectivity index (χ3n) is 12.3. The molecule has 2 heterocycles. The molecular weight excluding hydrogens is 746 g/mol. The number of methoxy groups -OCH3 is 4. The predicted octanol–water partition coefficient (Wildman–Crippen LogP) is 5.35. The van der Waals surface area contributed by atoms with E-state index in [0.29, 0.717) is 38.5 Å². The summed E-state index contributed by atoms with van der Waals surface area (Å²) in [6, 6.07) is 0. The van der Waals surface area contributed by atoms with Crippen molar-refractivity contribution in [2.45, 2.75) is 154 Å². The van der Waals surface area contributed by atoms with Gasteiger partial charge in [-0.25, -0.2) is 4.79 Å². The molecule has 0 aromatic heterocycles. The van der Waals surface area contributed by atoms with Gasteiger partial charge in [0.1, 0.15) is 17.5 Å². The maximum absolute atomic E-state index is 13.5. The lowest BCUT2D eigenvalue weighted by Gasteiger charge is -2.42. The van der Waals surface area contributed by atoms with E-state index in [1.807, 2.05) is 65.8 Å². The van der Waals surface area contributed by atoms with Crippen molar-refractivity contribution in [1.29, 1.82) is 0 Å². The van der Waals surface area contributed by atoms with Crippen LogP contribution in [0.25, 0.3) is 0 Å². The summed E-state index contributed by atoms with van der Waals surface area (Å²) in [7, 11) is 7.81. The van der Waals surface area contributed by atoms with Crippen LogP contribution in [0.1, 0.15) is 93.4 Å². The Hall–Kier alpha value is -2.75. The SMILES string of the molecule is CO[C@H]([C@H](C)/C=C/N(C)C=O)[C@@H](C)C(=O)CC[C@H](C)[C@H](O)[C@H](C)[C@H]1OC(=O)/C=C/C(C)=C/C[C@H](O)C[C@@H]2C=CC[C@@H](C[C@H](OC)[C@@](C)(O)[C@@H](OC)C[C@@H](OC)[C@@H]1C)O2. The molecule has 15 atom stereocenters. The largest absolute Gasteiger partial charge is 0.458 e. The number of fused-ring (bicyclic) bond motifs is 2. The number of aliphatic hydroxyl groups is 3. The van der Waals surface area contributed by atoms with Crippen molar-refractivity contribution in [3.63, 3.8) is 0 Å². The minimum Gasteiger partial charge on any atom is -0.458 e. The molecule has 0 fully saturated rings. The van der Waals surface area contributed by atoms with Crippen LogP contribution in [0.3, 0.4) is 0 Å². The Labute approximate surface area is 347 Å². The second-order valence-corrected chi connectivity index (χ2v) is 16.8. The minimum absolute atomic E-state index is 0.0104. The zero-order chi connectivity index (χ0) is 43.7. The summed E-state index contributed by atoms with van der Waals surface area (Å²) in [6.07, 6.45) is 10.0. The standard InChI is InChI=1S/C45H75NO12/c1-28-16-19-34(48)24-35-14-13-15-36(57-35)25-39(54-10)45(7,52)40(55-11)26-38(53-9)32(5)44(58-41(50)21-17-28)33(6)42(51)29(2)18-20-37(49)31(4)43(56-12)30(3)22-23-46(8)27-47/h13-14,16-17,21-23,27,29-36,38-40,42-44,48,51-52H,15,18-20,24-26H2,1-12H3/b21-17+,23-22+,28-16+/t29-,30+,31-,32-,33-,34-,35-,36-,38+,39-,40-,42-,43+,44-,45+/m0/s1. The number of cyclic esters (lactones) is 1. The van der Waals surface area contributed by atoms with Crippen LogP contribution in [-0.2, 0) is 42.8 Å². The van der Waals surface area contributed by atoms with Crippen LogP contribution in [0.4, 0.5) is 0 Å². The second kappa shape index (κ2) is 25.1. The van der Waals surface area contributed by atoms with Gasteiger partial charge in [0.25, 0.3) is 0 Å². The van der Waals surface area contributed by atoms with Gasteiger partial charge in [-0.1, -0.05) is 70.6 Å². The van der Waals surface area contributed by atoms with E-state index in [0.717, 1.165) is 5.57 Å². The van der Waals surface area contributed by atoms with E-state index in [-0.39, 0.29) is 42.7 Å². The van der Waals surface area contributed by atoms with Crippen LogP contribution in [-0.4, -0.2) is 134 Å². The van der Waals surface area contributed by atoms with Gasteiger partial charge in [-0.2, -0.15) is 0 Å². The molecule has 0 aromatic rings. The molecule has 1 amide bonds. The first kappa shape index (κ1) is 51.4. The molecule has 0 unspecified atom stereocenters. The van der Waals surface area contributed by atoms with Crippen LogP contribution in [0.2, 0.25) is 0 Å². The minimum atomic E-state index is -1.50. The second-order valence-electron chi connectivity index (χ2n) is 16.8. The Kier molecular flexibility index (Phi) is 22.3. The molecule has 0 spiro atoms. The third-order valence-corrected chi connectivity index (χ3v) is 12.3. The van der Waals surface area contributed by atoms with Gasteiger partial charge in [0, 0.05) is 97.1 Å². The van der Waals surface area contributed by atoms with Gasteiger partial charge in [0.15, 0.2) is 0 Å². The number of allylic oxidation sites excluding steroid dienone is 2. The maximum Gasteiger partial charge on any atom is 0.331 e. The number of carbonyl (C=O) groups excluding carboxylic acids is 3. The highest BCUT2D eigenvalue weighted by atomic mass is 16.6. The molecule has 0 aromatic carbocycles. The first-order valence-electron chi connectivity index (χ1n) is 20.8. The fraction of sp³-hybridized carbons (Fsp3) is 0.756. The van der Waals surface area contributed by atoms with Gasteiger partial charge in [0.2, 0.25) is 6.41 Å². The number of hydrogen-bond donors (Lipinski definition) is 3. The molecule has 3 N–H and O–H groups in total. The zero-order valence-electron chi connectivity index (χ0n) is 37.1. The fourth-order valence-corrected chi connectivity index (χ4v) is 8.33. The summed E-state index contributed by atoms with van der Waals surface area (Å²) < 4.78 is 36.1. The van der Waals surface area contributed by atoms with Crippen molar-refractivity contribution in [3.8, 4) is 0 Å². The van der Waals surface area contributed by atoms with E-state index in [1.165, 1.54) is 18.1 Å². The van der Waals surface area contributed by atoms with E-state index in [4.69, 9.17) is 28.4 Å². The quantitative estimate of drug-likeness (QED) is 0.104. The summed E-state index contributed by atoms with van der Waals surface area (Å²) >= 11 is 0. The molecule has 2 aliphatic heterocycles. The van der Waals surface area contributed by atoms with Crippen molar-refractivity contribution >= 4 is 18.2 Å². The van der Waals surface area contributed by atoms with Crippen LogP contribution >= 0.6 is 0 Å². The molecule has 0 radical (unpaired) electrons. The molecule has 0 saturated carbocycles. The highest BCUT2D eigenvalue weighted by Crippen LogP contribution is 2.35. The number of ketones is 1. The summed E-state index contributed by atoms with van der Waals surface area (Å²) in [5.74, 6) is -2.64. The van der Waals surface area contributed by atoms with Crippen molar-refractivity contribution < 1.29 is 58.1 Å². The average molecular weight is 822 g/mol. The Morgan fingerprint density at radius 3 is 2.29 bits per heavy atom. The fourth-order valence-electron chi connectivity index (χ4n) is 8.33. The number of Topliss-reactive ketones (excluding diaryl/α,β-unsaturated/α-hetero) is 1. The van der Waals surface area contributed by atoms with Crippen molar-refractivity contribution in [1.82, 2.24) is 4.90 Å². The van der Waals surface area contributed by atoms with Crippen LogP contribution < -0.4 is 0 Å². The lowest BCUT2D eigenvalue weighted by molar-refractivity contribution is -0.184. The summed E-state index contributed by atoms with van der Waals surface area (Å²) in [4.78, 5) is 39.3. The van der Waals surface area contributed by atoms with E-state index in [1.54, 1.807) is 47.6 Å². The van der Waals surface area contributed by atoms with Crippen LogP contribution in [0.5, 0.6) is 0 Å². The van der Waals surface area contributed by atoms with Gasteiger partial charge in [-0.3, -0.25) is 9.59 Å². The van der Waals surface area contributed by atoms with Crippen molar-refractivity contribution in [2.75, 3.05) is 35.5 Å². The summed E-state index contributed by atoms with van der Waals surface area (Å²) in [5.41, 5.74) is -0.728. The maximum atomic E-state index is 13.5. The molecule has 58 heavy (non-hydrogen) atoms. The topological polar surface area (TPSA) is 171 Å². The first-order valence-corrected chi connectivity index (χ1v) is 20.8. The molecule has 13 nitrogen and oxygen atoms in total. The lowest BCUT2D eigenvalue weighted by Crippen LogP contribution is -2.55. The molecule has 332 valence electrons. The molecular formula is C45H75NO12.